The third kappa shape index (κ3) is 4.78. The molecule has 0 aromatic rings. The highest BCUT2D eigenvalue weighted by molar-refractivity contribution is 5.95. The standard InChI is InChI=1S/C14H21N/c1-3-5-6-9-14-11-10-13(4-2)8-7-12-15-14/h3-4,10-11H,1,5-9,12H2,2H3/b11-10?,13-4+,15-14?. The van der Waals surface area contributed by atoms with E-state index in [1.165, 1.54) is 17.7 Å². The Labute approximate surface area is 93.3 Å². The average Bonchev–Trinajstić information content (AvgIpc) is 2.22. The van der Waals surface area contributed by atoms with Crippen LogP contribution in [0.4, 0.5) is 0 Å². The summed E-state index contributed by atoms with van der Waals surface area (Å²) in [5, 5.41) is 0. The summed E-state index contributed by atoms with van der Waals surface area (Å²) in [5.74, 6) is 0. The Kier molecular flexibility index (Phi) is 5.76. The smallest absolute Gasteiger partial charge is 0.0395 e. The summed E-state index contributed by atoms with van der Waals surface area (Å²) < 4.78 is 0. The minimum absolute atomic E-state index is 0.977. The van der Waals surface area contributed by atoms with E-state index in [-0.39, 0.29) is 0 Å². The normalized spacial score (nSPS) is 19.5. The Morgan fingerprint density at radius 1 is 1.47 bits per heavy atom. The first-order valence-corrected chi connectivity index (χ1v) is 5.84. The molecule has 1 aliphatic heterocycles. The van der Waals surface area contributed by atoms with Gasteiger partial charge in [-0.15, -0.1) is 6.58 Å². The molecule has 1 heterocycles. The van der Waals surface area contributed by atoms with E-state index in [1.807, 2.05) is 6.08 Å². The maximum absolute atomic E-state index is 4.59. The maximum atomic E-state index is 4.59. The van der Waals surface area contributed by atoms with Crippen molar-refractivity contribution in [3.8, 4) is 0 Å². The van der Waals surface area contributed by atoms with Crippen LogP contribution < -0.4 is 0 Å². The van der Waals surface area contributed by atoms with Gasteiger partial charge in [0.25, 0.3) is 0 Å². The topological polar surface area (TPSA) is 12.4 Å². The number of unbranched alkanes of at least 4 members (excludes halogenated alkanes) is 1. The van der Waals surface area contributed by atoms with Crippen LogP contribution in [0.5, 0.6) is 0 Å². The number of hydrogen-bond acceptors (Lipinski definition) is 1. The molecule has 0 aromatic carbocycles. The summed E-state index contributed by atoms with van der Waals surface area (Å²) in [4.78, 5) is 4.59. The fourth-order valence-corrected chi connectivity index (χ4v) is 1.68. The number of hydrogen-bond donors (Lipinski definition) is 0. The van der Waals surface area contributed by atoms with Crippen LogP contribution in [0.1, 0.15) is 39.0 Å². The third-order valence-electron chi connectivity index (χ3n) is 2.64. The van der Waals surface area contributed by atoms with Crippen molar-refractivity contribution in [1.82, 2.24) is 0 Å². The highest BCUT2D eigenvalue weighted by Gasteiger charge is 2.00. The van der Waals surface area contributed by atoms with E-state index >= 15 is 0 Å². The van der Waals surface area contributed by atoms with Gasteiger partial charge >= 0.3 is 0 Å². The van der Waals surface area contributed by atoms with Gasteiger partial charge in [-0.2, -0.15) is 0 Å². The van der Waals surface area contributed by atoms with Gasteiger partial charge in [0.2, 0.25) is 0 Å². The van der Waals surface area contributed by atoms with Crippen LogP contribution in [0.25, 0.3) is 0 Å². The second kappa shape index (κ2) is 7.22. The summed E-state index contributed by atoms with van der Waals surface area (Å²) in [5.41, 5.74) is 2.68. The van der Waals surface area contributed by atoms with Gasteiger partial charge in [0.15, 0.2) is 0 Å². The van der Waals surface area contributed by atoms with Gasteiger partial charge in [0.1, 0.15) is 0 Å². The Morgan fingerprint density at radius 2 is 2.33 bits per heavy atom. The zero-order valence-corrected chi connectivity index (χ0v) is 9.71. The van der Waals surface area contributed by atoms with E-state index in [9.17, 15) is 0 Å². The van der Waals surface area contributed by atoms with Gasteiger partial charge in [-0.3, -0.25) is 4.99 Å². The summed E-state index contributed by atoms with van der Waals surface area (Å²) in [7, 11) is 0. The molecule has 0 spiro atoms. The second-order valence-corrected chi connectivity index (χ2v) is 3.85. The fourth-order valence-electron chi connectivity index (χ4n) is 1.68. The zero-order chi connectivity index (χ0) is 10.9. The molecule has 82 valence electrons. The second-order valence-electron chi connectivity index (χ2n) is 3.85. The van der Waals surface area contributed by atoms with E-state index in [2.05, 4.69) is 36.7 Å². The Hall–Kier alpha value is -1.11. The number of allylic oxidation sites excluding steroid dienone is 5. The molecule has 0 N–H and O–H groups in total. The summed E-state index contributed by atoms with van der Waals surface area (Å²) in [6, 6.07) is 0. The first-order chi connectivity index (χ1) is 7.36. The minimum Gasteiger partial charge on any atom is -0.290 e. The SMILES string of the molecule is C=CCCCC1=NCCC/C(=C\C)C=C1. The third-order valence-corrected chi connectivity index (χ3v) is 2.64. The van der Waals surface area contributed by atoms with Gasteiger partial charge < -0.3 is 0 Å². The molecule has 0 radical (unpaired) electrons. The average molecular weight is 203 g/mol. The number of rotatable bonds is 4. The van der Waals surface area contributed by atoms with E-state index in [1.54, 1.807) is 0 Å². The molecular formula is C14H21N. The van der Waals surface area contributed by atoms with E-state index in [4.69, 9.17) is 0 Å². The highest BCUT2D eigenvalue weighted by Crippen LogP contribution is 2.11. The minimum atomic E-state index is 0.977. The molecule has 1 aliphatic rings. The lowest BCUT2D eigenvalue weighted by Crippen LogP contribution is -1.99. The molecule has 0 fully saturated rings. The van der Waals surface area contributed by atoms with Crippen molar-refractivity contribution in [2.75, 3.05) is 6.54 Å². The van der Waals surface area contributed by atoms with Gasteiger partial charge in [0, 0.05) is 12.3 Å². The van der Waals surface area contributed by atoms with Crippen molar-refractivity contribution in [2.24, 2.45) is 4.99 Å². The van der Waals surface area contributed by atoms with Crippen molar-refractivity contribution >= 4 is 5.71 Å². The molecule has 0 amide bonds. The Morgan fingerprint density at radius 3 is 3.07 bits per heavy atom. The molecule has 0 bridgehead atoms. The molecule has 0 saturated carbocycles. The molecule has 15 heavy (non-hydrogen) atoms. The lowest BCUT2D eigenvalue weighted by atomic mass is 10.1. The lowest BCUT2D eigenvalue weighted by molar-refractivity contribution is 0.819. The van der Waals surface area contributed by atoms with Crippen molar-refractivity contribution in [3.05, 3.63) is 36.5 Å². The maximum Gasteiger partial charge on any atom is 0.0395 e. The summed E-state index contributed by atoms with van der Waals surface area (Å²) in [6.07, 6.45) is 14.2. The zero-order valence-electron chi connectivity index (χ0n) is 9.71. The van der Waals surface area contributed by atoms with Crippen LogP contribution in [0, 0.1) is 0 Å². The Bertz CT molecular complexity index is 282. The van der Waals surface area contributed by atoms with Crippen LogP contribution in [0.3, 0.4) is 0 Å². The van der Waals surface area contributed by atoms with Gasteiger partial charge in [-0.05, 0) is 45.1 Å². The number of nitrogens with zero attached hydrogens (tertiary/aromatic N) is 1. The van der Waals surface area contributed by atoms with Crippen LogP contribution in [-0.2, 0) is 0 Å². The molecule has 1 nitrogen and oxygen atoms in total. The largest absolute Gasteiger partial charge is 0.290 e. The van der Waals surface area contributed by atoms with Crippen molar-refractivity contribution in [3.63, 3.8) is 0 Å². The molecule has 1 heteroatoms. The molecule has 0 aliphatic carbocycles. The summed E-state index contributed by atoms with van der Waals surface area (Å²) >= 11 is 0. The van der Waals surface area contributed by atoms with E-state index < -0.39 is 0 Å². The molecule has 0 unspecified atom stereocenters. The van der Waals surface area contributed by atoms with Gasteiger partial charge in [-0.1, -0.05) is 23.8 Å². The predicted octanol–water partition coefficient (Wildman–Crippen LogP) is 4.08. The summed E-state index contributed by atoms with van der Waals surface area (Å²) in [6.45, 7) is 6.82. The monoisotopic (exact) mass is 203 g/mol. The van der Waals surface area contributed by atoms with Crippen LogP contribution in [-0.4, -0.2) is 12.3 Å². The molecule has 0 atom stereocenters. The molecule has 0 aromatic heterocycles. The van der Waals surface area contributed by atoms with Crippen LogP contribution >= 0.6 is 0 Å². The van der Waals surface area contributed by atoms with Crippen molar-refractivity contribution in [1.29, 1.82) is 0 Å². The van der Waals surface area contributed by atoms with E-state index in [0.29, 0.717) is 0 Å². The first kappa shape index (κ1) is 12.0. The lowest BCUT2D eigenvalue weighted by Gasteiger charge is -2.07. The first-order valence-electron chi connectivity index (χ1n) is 5.84. The number of aliphatic imine (C=N–C) groups is 1. The Balaban J connectivity index is 2.51. The quantitative estimate of drug-likeness (QED) is 0.482. The van der Waals surface area contributed by atoms with Gasteiger partial charge in [0.05, 0.1) is 0 Å². The predicted molar refractivity (Wildman–Crippen MR) is 68.5 cm³/mol. The molecule has 0 saturated heterocycles. The van der Waals surface area contributed by atoms with Crippen molar-refractivity contribution in [2.45, 2.75) is 39.0 Å². The molecule has 1 rings (SSSR count). The van der Waals surface area contributed by atoms with E-state index in [0.717, 1.165) is 32.2 Å². The van der Waals surface area contributed by atoms with Gasteiger partial charge in [-0.25, -0.2) is 0 Å². The van der Waals surface area contributed by atoms with Crippen molar-refractivity contribution < 1.29 is 0 Å². The fraction of sp³-hybridized carbons (Fsp3) is 0.500. The highest BCUT2D eigenvalue weighted by atomic mass is 14.7. The van der Waals surface area contributed by atoms with Crippen LogP contribution in [0.15, 0.2) is 41.4 Å². The van der Waals surface area contributed by atoms with Crippen LogP contribution in [0.2, 0.25) is 0 Å². The molecular weight excluding hydrogens is 182 g/mol.